The van der Waals surface area contributed by atoms with Gasteiger partial charge >= 0.3 is 0 Å². The van der Waals surface area contributed by atoms with E-state index in [9.17, 15) is 0 Å². The lowest BCUT2D eigenvalue weighted by Gasteiger charge is -2.08. The van der Waals surface area contributed by atoms with Gasteiger partial charge in [0, 0.05) is 0 Å². The highest BCUT2D eigenvalue weighted by molar-refractivity contribution is 5.58. The SMILES string of the molecule is COc1ccccc1N=Nc1cc(C)cc(C)c1OC. The number of aryl methyl sites for hydroxylation is 2. The van der Waals surface area contributed by atoms with Crippen LogP contribution in [-0.4, -0.2) is 14.2 Å². The summed E-state index contributed by atoms with van der Waals surface area (Å²) in [7, 11) is 3.26. The van der Waals surface area contributed by atoms with E-state index in [1.807, 2.05) is 44.2 Å². The molecule has 2 aromatic rings. The van der Waals surface area contributed by atoms with E-state index in [-0.39, 0.29) is 0 Å². The molecule has 0 aliphatic rings. The Labute approximate surface area is 119 Å². The predicted molar refractivity (Wildman–Crippen MR) is 79.6 cm³/mol. The van der Waals surface area contributed by atoms with E-state index in [2.05, 4.69) is 16.3 Å². The first-order valence-corrected chi connectivity index (χ1v) is 6.35. The summed E-state index contributed by atoms with van der Waals surface area (Å²) in [5, 5.41) is 8.56. The van der Waals surface area contributed by atoms with Gasteiger partial charge in [-0.05, 0) is 43.2 Å². The van der Waals surface area contributed by atoms with Crippen molar-refractivity contribution >= 4 is 11.4 Å². The Balaban J connectivity index is 2.41. The summed E-state index contributed by atoms with van der Waals surface area (Å²) < 4.78 is 10.6. The molecule has 0 heterocycles. The molecule has 0 atom stereocenters. The van der Waals surface area contributed by atoms with Crippen LogP contribution in [0, 0.1) is 13.8 Å². The second-order valence-electron chi connectivity index (χ2n) is 4.51. The Kier molecular flexibility index (Phi) is 4.35. The molecule has 0 unspecified atom stereocenters. The fourth-order valence-corrected chi connectivity index (χ4v) is 2.09. The Morgan fingerprint density at radius 3 is 2.25 bits per heavy atom. The number of hydrogen-bond acceptors (Lipinski definition) is 4. The first-order valence-electron chi connectivity index (χ1n) is 6.35. The maximum atomic E-state index is 5.39. The molecule has 0 saturated heterocycles. The van der Waals surface area contributed by atoms with E-state index < -0.39 is 0 Å². The van der Waals surface area contributed by atoms with Gasteiger partial charge in [-0.2, -0.15) is 0 Å². The van der Waals surface area contributed by atoms with E-state index in [0.717, 1.165) is 22.6 Å². The molecule has 2 rings (SSSR count). The molecule has 4 heteroatoms. The minimum Gasteiger partial charge on any atom is -0.494 e. The number of ether oxygens (including phenoxy) is 2. The Morgan fingerprint density at radius 2 is 1.55 bits per heavy atom. The summed E-state index contributed by atoms with van der Waals surface area (Å²) in [6.45, 7) is 4.02. The van der Waals surface area contributed by atoms with E-state index in [0.29, 0.717) is 11.4 Å². The lowest BCUT2D eigenvalue weighted by molar-refractivity contribution is 0.412. The van der Waals surface area contributed by atoms with Crippen LogP contribution in [0.4, 0.5) is 11.4 Å². The zero-order valence-electron chi connectivity index (χ0n) is 12.2. The molecule has 0 saturated carbocycles. The van der Waals surface area contributed by atoms with Crippen molar-refractivity contribution < 1.29 is 9.47 Å². The second kappa shape index (κ2) is 6.19. The number of para-hydroxylation sites is 1. The third kappa shape index (κ3) is 2.96. The minimum atomic E-state index is 0.691. The van der Waals surface area contributed by atoms with Gasteiger partial charge in [0.15, 0.2) is 0 Å². The van der Waals surface area contributed by atoms with Gasteiger partial charge in [0.1, 0.15) is 22.9 Å². The first-order chi connectivity index (χ1) is 9.65. The van der Waals surface area contributed by atoms with E-state index >= 15 is 0 Å². The van der Waals surface area contributed by atoms with Crippen LogP contribution in [0.15, 0.2) is 46.6 Å². The number of azo groups is 1. The summed E-state index contributed by atoms with van der Waals surface area (Å²) in [6, 6.07) is 11.5. The molecule has 20 heavy (non-hydrogen) atoms. The zero-order chi connectivity index (χ0) is 14.5. The van der Waals surface area contributed by atoms with Crippen molar-refractivity contribution in [2.24, 2.45) is 10.2 Å². The van der Waals surface area contributed by atoms with Crippen LogP contribution in [-0.2, 0) is 0 Å². The van der Waals surface area contributed by atoms with Crippen LogP contribution in [0.5, 0.6) is 11.5 Å². The first kappa shape index (κ1) is 14.1. The van der Waals surface area contributed by atoms with Crippen LogP contribution >= 0.6 is 0 Å². The maximum absolute atomic E-state index is 5.39. The standard InChI is InChI=1S/C16H18N2O2/c1-11-9-12(2)16(20-4)14(10-11)18-17-13-7-5-6-8-15(13)19-3/h5-10H,1-4H3. The lowest BCUT2D eigenvalue weighted by Crippen LogP contribution is -1.88. The monoisotopic (exact) mass is 270 g/mol. The molecule has 4 nitrogen and oxygen atoms in total. The van der Waals surface area contributed by atoms with Gasteiger partial charge in [0.25, 0.3) is 0 Å². The summed E-state index contributed by atoms with van der Waals surface area (Å²) in [4.78, 5) is 0. The van der Waals surface area contributed by atoms with Crippen LogP contribution in [0.3, 0.4) is 0 Å². The normalized spacial score (nSPS) is 10.8. The van der Waals surface area contributed by atoms with E-state index in [1.54, 1.807) is 14.2 Å². The third-order valence-corrected chi connectivity index (χ3v) is 2.95. The second-order valence-corrected chi connectivity index (χ2v) is 4.51. The van der Waals surface area contributed by atoms with E-state index in [1.165, 1.54) is 0 Å². The van der Waals surface area contributed by atoms with Crippen molar-refractivity contribution in [2.75, 3.05) is 14.2 Å². The van der Waals surface area contributed by atoms with Gasteiger partial charge in [-0.1, -0.05) is 18.2 Å². The summed E-state index contributed by atoms with van der Waals surface area (Å²) in [5.41, 5.74) is 3.57. The van der Waals surface area contributed by atoms with Crippen molar-refractivity contribution in [3.63, 3.8) is 0 Å². The number of nitrogens with zero attached hydrogens (tertiary/aromatic N) is 2. The van der Waals surface area contributed by atoms with Gasteiger partial charge in [-0.15, -0.1) is 10.2 Å². The molecule has 0 aliphatic carbocycles. The summed E-state index contributed by atoms with van der Waals surface area (Å²) >= 11 is 0. The molecule has 0 fully saturated rings. The van der Waals surface area contributed by atoms with Crippen molar-refractivity contribution in [2.45, 2.75) is 13.8 Å². The minimum absolute atomic E-state index is 0.691. The predicted octanol–water partition coefficient (Wildman–Crippen LogP) is 4.74. The third-order valence-electron chi connectivity index (χ3n) is 2.95. The highest BCUT2D eigenvalue weighted by atomic mass is 16.5. The number of benzene rings is 2. The van der Waals surface area contributed by atoms with Crippen molar-refractivity contribution in [3.05, 3.63) is 47.5 Å². The van der Waals surface area contributed by atoms with Crippen LogP contribution in [0.25, 0.3) is 0 Å². The molecule has 0 bridgehead atoms. The smallest absolute Gasteiger partial charge is 0.149 e. The molecule has 104 valence electrons. The molecule has 0 aromatic heterocycles. The lowest BCUT2D eigenvalue weighted by atomic mass is 10.1. The van der Waals surface area contributed by atoms with Gasteiger partial charge < -0.3 is 9.47 Å². The number of hydrogen-bond donors (Lipinski definition) is 0. The summed E-state index contributed by atoms with van der Waals surface area (Å²) in [6.07, 6.45) is 0. The van der Waals surface area contributed by atoms with Gasteiger partial charge in [-0.3, -0.25) is 0 Å². The Morgan fingerprint density at radius 1 is 0.850 bits per heavy atom. The average molecular weight is 270 g/mol. The topological polar surface area (TPSA) is 43.2 Å². The van der Waals surface area contributed by atoms with Crippen molar-refractivity contribution in [3.8, 4) is 11.5 Å². The quantitative estimate of drug-likeness (QED) is 0.753. The van der Waals surface area contributed by atoms with Gasteiger partial charge in [0.2, 0.25) is 0 Å². The fraction of sp³-hybridized carbons (Fsp3) is 0.250. The highest BCUT2D eigenvalue weighted by Gasteiger charge is 2.07. The van der Waals surface area contributed by atoms with Crippen molar-refractivity contribution in [1.82, 2.24) is 0 Å². The molecule has 0 aliphatic heterocycles. The Hall–Kier alpha value is -2.36. The maximum Gasteiger partial charge on any atom is 0.149 e. The Bertz CT molecular complexity index is 636. The molecule has 0 amide bonds. The van der Waals surface area contributed by atoms with Gasteiger partial charge in [0.05, 0.1) is 14.2 Å². The van der Waals surface area contributed by atoms with Crippen LogP contribution in [0.1, 0.15) is 11.1 Å². The molecule has 0 N–H and O–H groups in total. The largest absolute Gasteiger partial charge is 0.494 e. The highest BCUT2D eigenvalue weighted by Crippen LogP contribution is 2.35. The molecule has 2 aromatic carbocycles. The number of rotatable bonds is 4. The average Bonchev–Trinajstić information content (AvgIpc) is 2.45. The van der Waals surface area contributed by atoms with Gasteiger partial charge in [-0.25, -0.2) is 0 Å². The number of methoxy groups -OCH3 is 2. The molecular formula is C16H18N2O2. The van der Waals surface area contributed by atoms with Crippen molar-refractivity contribution in [1.29, 1.82) is 0 Å². The molecule has 0 radical (unpaired) electrons. The fourth-order valence-electron chi connectivity index (χ4n) is 2.09. The zero-order valence-corrected chi connectivity index (χ0v) is 12.2. The molecular weight excluding hydrogens is 252 g/mol. The van der Waals surface area contributed by atoms with Crippen LogP contribution < -0.4 is 9.47 Å². The van der Waals surface area contributed by atoms with Crippen LogP contribution in [0.2, 0.25) is 0 Å². The molecule has 0 spiro atoms. The summed E-state index contributed by atoms with van der Waals surface area (Å²) in [5.74, 6) is 1.44. The van der Waals surface area contributed by atoms with E-state index in [4.69, 9.17) is 9.47 Å².